The molecule has 2 N–H and O–H groups in total. The number of aliphatic hydroxyl groups is 1. The van der Waals surface area contributed by atoms with Crippen molar-refractivity contribution in [1.29, 1.82) is 0 Å². The van der Waals surface area contributed by atoms with Crippen molar-refractivity contribution in [2.24, 2.45) is 0 Å². The first-order chi connectivity index (χ1) is 13.3. The van der Waals surface area contributed by atoms with Crippen LogP contribution in [0.2, 0.25) is 0 Å². The number of fused-ring (bicyclic) bond motifs is 1. The smallest absolute Gasteiger partial charge is 0.223 e. The molecule has 1 saturated carbocycles. The van der Waals surface area contributed by atoms with E-state index in [4.69, 9.17) is 9.72 Å². The summed E-state index contributed by atoms with van der Waals surface area (Å²) in [5.74, 6) is 1.48. The number of hydrogen-bond acceptors (Lipinski definition) is 6. The minimum atomic E-state index is -0.152. The van der Waals surface area contributed by atoms with Gasteiger partial charge in [0.2, 0.25) is 5.95 Å². The lowest BCUT2D eigenvalue weighted by Gasteiger charge is -2.26. The van der Waals surface area contributed by atoms with E-state index in [1.54, 1.807) is 0 Å². The highest BCUT2D eigenvalue weighted by Gasteiger charge is 2.20. The van der Waals surface area contributed by atoms with Crippen molar-refractivity contribution in [1.82, 2.24) is 14.9 Å². The summed E-state index contributed by atoms with van der Waals surface area (Å²) in [6.45, 7) is 4.03. The number of anilines is 1. The van der Waals surface area contributed by atoms with Gasteiger partial charge in [0.05, 0.1) is 6.10 Å². The number of hydrogen-bond donors (Lipinski definition) is 2. The summed E-state index contributed by atoms with van der Waals surface area (Å²) in [6.07, 6.45) is 9.26. The molecule has 1 saturated heterocycles. The first kappa shape index (κ1) is 18.4. The number of likely N-dealkylation sites (tertiary alicyclic amines) is 1. The van der Waals surface area contributed by atoms with Gasteiger partial charge in [0.25, 0.3) is 0 Å². The maximum atomic E-state index is 9.67. The molecule has 1 aromatic carbocycles. The lowest BCUT2D eigenvalue weighted by molar-refractivity contribution is 0.126. The average molecular weight is 370 g/mol. The molecule has 146 valence electrons. The molecule has 6 nitrogen and oxygen atoms in total. The minimum Gasteiger partial charge on any atom is -0.490 e. The maximum Gasteiger partial charge on any atom is 0.223 e. The third-order valence-electron chi connectivity index (χ3n) is 5.72. The quantitative estimate of drug-likeness (QED) is 0.814. The Bertz CT molecular complexity index is 740. The molecule has 0 amide bonds. The Labute approximate surface area is 161 Å². The van der Waals surface area contributed by atoms with E-state index in [9.17, 15) is 5.11 Å². The Hall–Kier alpha value is -1.92. The van der Waals surface area contributed by atoms with Gasteiger partial charge in [-0.3, -0.25) is 4.90 Å². The molecule has 6 heteroatoms. The van der Waals surface area contributed by atoms with E-state index in [0.717, 1.165) is 48.9 Å². The van der Waals surface area contributed by atoms with E-state index < -0.39 is 0 Å². The van der Waals surface area contributed by atoms with Crippen LogP contribution in [-0.4, -0.2) is 58.4 Å². The van der Waals surface area contributed by atoms with Crippen LogP contribution in [0.5, 0.6) is 5.75 Å². The molecule has 4 rings (SSSR count). The summed E-state index contributed by atoms with van der Waals surface area (Å²) in [5.41, 5.74) is 0.865. The van der Waals surface area contributed by atoms with Crippen LogP contribution < -0.4 is 10.1 Å². The Kier molecular flexibility index (Phi) is 6.04. The molecule has 0 atom stereocenters. The molecule has 2 aromatic rings. The van der Waals surface area contributed by atoms with Crippen LogP contribution in [0.4, 0.5) is 5.95 Å². The van der Waals surface area contributed by atoms with Crippen molar-refractivity contribution < 1.29 is 9.84 Å². The highest BCUT2D eigenvalue weighted by molar-refractivity contribution is 5.84. The molecule has 0 bridgehead atoms. The first-order valence-corrected chi connectivity index (χ1v) is 10.3. The predicted molar refractivity (Wildman–Crippen MR) is 107 cm³/mol. The Morgan fingerprint density at radius 1 is 1.11 bits per heavy atom. The third-order valence-corrected chi connectivity index (χ3v) is 5.72. The highest BCUT2D eigenvalue weighted by Crippen LogP contribution is 2.26. The maximum absolute atomic E-state index is 9.67. The Morgan fingerprint density at radius 3 is 2.74 bits per heavy atom. The molecule has 0 unspecified atom stereocenters. The molecule has 27 heavy (non-hydrogen) atoms. The fourth-order valence-corrected chi connectivity index (χ4v) is 4.09. The van der Waals surface area contributed by atoms with E-state index >= 15 is 0 Å². The van der Waals surface area contributed by atoms with Crippen LogP contribution in [-0.2, 0) is 0 Å². The molecule has 2 heterocycles. The average Bonchev–Trinajstić information content (AvgIpc) is 2.71. The Morgan fingerprint density at radius 2 is 1.93 bits per heavy atom. The van der Waals surface area contributed by atoms with Crippen molar-refractivity contribution in [2.75, 3.05) is 31.6 Å². The van der Waals surface area contributed by atoms with Crippen molar-refractivity contribution >= 4 is 16.9 Å². The number of aliphatic hydroxyl groups excluding tert-OH is 1. The Balaban J connectivity index is 1.41. The number of ether oxygens (including phenoxy) is 1. The first-order valence-electron chi connectivity index (χ1n) is 10.3. The van der Waals surface area contributed by atoms with Crippen LogP contribution in [0.15, 0.2) is 24.4 Å². The fraction of sp³-hybridized carbons (Fsp3) is 0.619. The summed E-state index contributed by atoms with van der Waals surface area (Å²) < 4.78 is 6.09. The van der Waals surface area contributed by atoms with Crippen molar-refractivity contribution in [2.45, 2.75) is 57.1 Å². The van der Waals surface area contributed by atoms with Gasteiger partial charge in [-0.1, -0.05) is 18.6 Å². The van der Waals surface area contributed by atoms with E-state index in [2.05, 4.69) is 15.2 Å². The van der Waals surface area contributed by atoms with Gasteiger partial charge >= 0.3 is 0 Å². The van der Waals surface area contributed by atoms with Gasteiger partial charge in [-0.15, -0.1) is 0 Å². The molecular formula is C21H30N4O2. The number of rotatable bonds is 6. The number of para-hydroxylation sites is 1. The second-order valence-electron chi connectivity index (χ2n) is 7.79. The normalized spacial score (nSPS) is 24.0. The van der Waals surface area contributed by atoms with Gasteiger partial charge in [-0.05, 0) is 57.7 Å². The molecule has 2 aliphatic rings. The standard InChI is InChI=1S/C21H30N4O2/c26-18-9-7-17(8-10-18)23-21-22-15-16-5-4-6-19(20(16)24-21)27-14-13-25-11-2-1-3-12-25/h4-6,15,17-18,26H,1-3,7-14H2,(H,22,23,24). The van der Waals surface area contributed by atoms with Gasteiger partial charge in [-0.2, -0.15) is 0 Å². The molecule has 0 radical (unpaired) electrons. The van der Waals surface area contributed by atoms with Gasteiger partial charge < -0.3 is 15.2 Å². The minimum absolute atomic E-state index is 0.152. The summed E-state index contributed by atoms with van der Waals surface area (Å²) in [5, 5.41) is 14.1. The second kappa shape index (κ2) is 8.85. The summed E-state index contributed by atoms with van der Waals surface area (Å²) >= 11 is 0. The van der Waals surface area contributed by atoms with Crippen LogP contribution in [0, 0.1) is 0 Å². The number of piperidine rings is 1. The zero-order valence-corrected chi connectivity index (χ0v) is 15.9. The number of aromatic nitrogens is 2. The summed E-state index contributed by atoms with van der Waals surface area (Å²) in [6, 6.07) is 6.34. The summed E-state index contributed by atoms with van der Waals surface area (Å²) in [4.78, 5) is 11.7. The van der Waals surface area contributed by atoms with Crippen LogP contribution in [0.1, 0.15) is 44.9 Å². The molecule has 0 spiro atoms. The summed E-state index contributed by atoms with van der Waals surface area (Å²) in [7, 11) is 0. The van der Waals surface area contributed by atoms with Gasteiger partial charge in [-0.25, -0.2) is 9.97 Å². The molecule has 1 aromatic heterocycles. The van der Waals surface area contributed by atoms with Gasteiger partial charge in [0.1, 0.15) is 17.9 Å². The predicted octanol–water partition coefficient (Wildman–Crippen LogP) is 3.21. The van der Waals surface area contributed by atoms with Gasteiger partial charge in [0, 0.05) is 24.2 Å². The van der Waals surface area contributed by atoms with Crippen molar-refractivity contribution in [3.8, 4) is 5.75 Å². The van der Waals surface area contributed by atoms with Crippen LogP contribution >= 0.6 is 0 Å². The monoisotopic (exact) mass is 370 g/mol. The van der Waals surface area contributed by atoms with E-state index in [0.29, 0.717) is 18.6 Å². The second-order valence-corrected chi connectivity index (χ2v) is 7.79. The molecular weight excluding hydrogens is 340 g/mol. The van der Waals surface area contributed by atoms with Crippen LogP contribution in [0.25, 0.3) is 10.9 Å². The molecule has 1 aliphatic heterocycles. The number of nitrogens with one attached hydrogen (secondary N) is 1. The molecule has 2 fully saturated rings. The highest BCUT2D eigenvalue weighted by atomic mass is 16.5. The van der Waals surface area contributed by atoms with E-state index in [1.807, 2.05) is 24.4 Å². The van der Waals surface area contributed by atoms with Crippen LogP contribution in [0.3, 0.4) is 0 Å². The van der Waals surface area contributed by atoms with Gasteiger partial charge in [0.15, 0.2) is 0 Å². The largest absolute Gasteiger partial charge is 0.490 e. The zero-order chi connectivity index (χ0) is 18.5. The van der Waals surface area contributed by atoms with E-state index in [1.165, 1.54) is 32.4 Å². The lowest BCUT2D eigenvalue weighted by Crippen LogP contribution is -2.33. The zero-order valence-electron chi connectivity index (χ0n) is 15.9. The number of benzene rings is 1. The topological polar surface area (TPSA) is 70.5 Å². The lowest BCUT2D eigenvalue weighted by atomic mass is 9.93. The van der Waals surface area contributed by atoms with Crippen molar-refractivity contribution in [3.63, 3.8) is 0 Å². The third kappa shape index (κ3) is 4.87. The van der Waals surface area contributed by atoms with Crippen molar-refractivity contribution in [3.05, 3.63) is 24.4 Å². The molecule has 1 aliphatic carbocycles. The number of nitrogens with zero attached hydrogens (tertiary/aromatic N) is 3. The fourth-order valence-electron chi connectivity index (χ4n) is 4.09. The SMILES string of the molecule is OC1CCC(Nc2ncc3cccc(OCCN4CCCCC4)c3n2)CC1. The van der Waals surface area contributed by atoms with E-state index in [-0.39, 0.29) is 6.10 Å².